The van der Waals surface area contributed by atoms with Crippen LogP contribution in [0.2, 0.25) is 0 Å². The van der Waals surface area contributed by atoms with Gasteiger partial charge in [0.25, 0.3) is 5.91 Å². The van der Waals surface area contributed by atoms with Crippen molar-refractivity contribution in [2.75, 3.05) is 6.54 Å². The van der Waals surface area contributed by atoms with Crippen LogP contribution < -0.4 is 11.1 Å². The Kier molecular flexibility index (Phi) is 7.92. The maximum Gasteiger partial charge on any atom is 0.251 e. The van der Waals surface area contributed by atoms with Crippen LogP contribution in [0.5, 0.6) is 0 Å². The van der Waals surface area contributed by atoms with E-state index in [0.717, 1.165) is 0 Å². The molecule has 21 heavy (non-hydrogen) atoms. The number of rotatable bonds is 6. The molecule has 0 aliphatic heterocycles. The molecule has 1 unspecified atom stereocenters. The van der Waals surface area contributed by atoms with Crippen LogP contribution in [-0.4, -0.2) is 32.2 Å². The third-order valence-corrected chi connectivity index (χ3v) is 5.12. The minimum Gasteiger partial charge on any atom is -0.352 e. The first kappa shape index (κ1) is 19.9. The van der Waals surface area contributed by atoms with Gasteiger partial charge in [0.1, 0.15) is 0 Å². The van der Waals surface area contributed by atoms with Crippen molar-refractivity contribution in [3.05, 3.63) is 29.8 Å². The maximum atomic E-state index is 11.9. The second-order valence-electron chi connectivity index (χ2n) is 5.14. The van der Waals surface area contributed by atoms with Crippen molar-refractivity contribution in [1.82, 2.24) is 5.32 Å². The maximum absolute atomic E-state index is 11.9. The number of benzene rings is 1. The molecule has 0 bridgehead atoms. The average molecular weight is 335 g/mol. The lowest BCUT2D eigenvalue weighted by Crippen LogP contribution is -2.28. The van der Waals surface area contributed by atoms with E-state index < -0.39 is 15.1 Å². The Bertz CT molecular complexity index is 554. The lowest BCUT2D eigenvalue weighted by molar-refractivity contribution is 0.0952. The molecule has 0 fully saturated rings. The van der Waals surface area contributed by atoms with Gasteiger partial charge in [0.15, 0.2) is 9.84 Å². The second kappa shape index (κ2) is 8.36. The first-order valence-electron chi connectivity index (χ1n) is 6.63. The average Bonchev–Trinajstić information content (AvgIpc) is 2.38. The highest BCUT2D eigenvalue weighted by Gasteiger charge is 2.19. The van der Waals surface area contributed by atoms with Crippen LogP contribution in [0.4, 0.5) is 0 Å². The minimum atomic E-state index is -3.30. The fraction of sp³-hybridized carbons (Fsp3) is 0.500. The van der Waals surface area contributed by atoms with Gasteiger partial charge in [-0.2, -0.15) is 0 Å². The van der Waals surface area contributed by atoms with Gasteiger partial charge in [-0.3, -0.25) is 4.79 Å². The molecule has 1 atom stereocenters. The van der Waals surface area contributed by atoms with Crippen LogP contribution in [0.1, 0.15) is 37.6 Å². The quantitative estimate of drug-likeness (QED) is 0.829. The molecule has 1 amide bonds. The van der Waals surface area contributed by atoms with Gasteiger partial charge in [0, 0.05) is 18.2 Å². The summed E-state index contributed by atoms with van der Waals surface area (Å²) in [4.78, 5) is 12.1. The molecule has 1 aromatic rings. The Labute approximate surface area is 132 Å². The number of nitrogens with one attached hydrogen (secondary N) is 1. The molecule has 7 heteroatoms. The van der Waals surface area contributed by atoms with E-state index in [4.69, 9.17) is 5.73 Å². The summed E-state index contributed by atoms with van der Waals surface area (Å²) in [6.07, 6.45) is 0.700. The standard InChI is InChI=1S/C14H22N2O3S.ClH/c1-10(2)20(18,19)13-6-4-12(5-7-13)14(17)16-9-8-11(3)15;/h4-7,10-11H,8-9,15H2,1-3H3,(H,16,17);1H. The number of sulfone groups is 1. The third-order valence-electron chi connectivity index (χ3n) is 2.95. The van der Waals surface area contributed by atoms with E-state index in [2.05, 4.69) is 5.32 Å². The molecule has 5 nitrogen and oxygen atoms in total. The van der Waals surface area contributed by atoms with Gasteiger partial charge in [0.2, 0.25) is 0 Å². The van der Waals surface area contributed by atoms with E-state index in [1.165, 1.54) is 24.3 Å². The molecule has 0 heterocycles. The highest BCUT2D eigenvalue weighted by molar-refractivity contribution is 7.92. The summed E-state index contributed by atoms with van der Waals surface area (Å²) >= 11 is 0. The summed E-state index contributed by atoms with van der Waals surface area (Å²) in [5.74, 6) is -0.223. The van der Waals surface area contributed by atoms with Crippen molar-refractivity contribution in [2.24, 2.45) is 5.73 Å². The normalized spacial score (nSPS) is 12.6. The fourth-order valence-electron chi connectivity index (χ4n) is 1.58. The van der Waals surface area contributed by atoms with Crippen LogP contribution in [0.15, 0.2) is 29.2 Å². The van der Waals surface area contributed by atoms with E-state index in [-0.39, 0.29) is 29.3 Å². The summed E-state index contributed by atoms with van der Waals surface area (Å²) in [6, 6.07) is 6.02. The molecule has 3 N–H and O–H groups in total. The van der Waals surface area contributed by atoms with Gasteiger partial charge >= 0.3 is 0 Å². The van der Waals surface area contributed by atoms with Crippen LogP contribution in [0.3, 0.4) is 0 Å². The number of nitrogens with two attached hydrogens (primary N) is 1. The van der Waals surface area contributed by atoms with E-state index in [1.54, 1.807) is 13.8 Å². The van der Waals surface area contributed by atoms with Crippen molar-refractivity contribution < 1.29 is 13.2 Å². The Hall–Kier alpha value is -1.11. The zero-order valence-corrected chi connectivity index (χ0v) is 14.1. The fourth-order valence-corrected chi connectivity index (χ4v) is 2.64. The summed E-state index contributed by atoms with van der Waals surface area (Å²) in [5, 5.41) is 2.26. The molecule has 0 aromatic heterocycles. The van der Waals surface area contributed by atoms with Gasteiger partial charge < -0.3 is 11.1 Å². The molecule has 1 rings (SSSR count). The first-order valence-corrected chi connectivity index (χ1v) is 8.17. The van der Waals surface area contributed by atoms with Crippen molar-refractivity contribution in [3.63, 3.8) is 0 Å². The lowest BCUT2D eigenvalue weighted by atomic mass is 10.2. The number of hydrogen-bond donors (Lipinski definition) is 2. The van der Waals surface area contributed by atoms with Crippen LogP contribution in [0, 0.1) is 0 Å². The van der Waals surface area contributed by atoms with Gasteiger partial charge in [-0.1, -0.05) is 0 Å². The molecule has 0 saturated heterocycles. The number of carbonyl (C=O) groups is 1. The number of carbonyl (C=O) groups excluding carboxylic acids is 1. The van der Waals surface area contributed by atoms with Gasteiger partial charge in [-0.05, 0) is 51.5 Å². The summed E-state index contributed by atoms with van der Waals surface area (Å²) in [7, 11) is -3.30. The predicted molar refractivity (Wildman–Crippen MR) is 86.6 cm³/mol. The van der Waals surface area contributed by atoms with E-state index in [1.807, 2.05) is 6.92 Å². The molecule has 0 aliphatic carbocycles. The van der Waals surface area contributed by atoms with Crippen LogP contribution in [-0.2, 0) is 9.84 Å². The monoisotopic (exact) mass is 334 g/mol. The first-order chi connectivity index (χ1) is 9.25. The molecule has 0 saturated carbocycles. The molecule has 0 radical (unpaired) electrons. The van der Waals surface area contributed by atoms with Crippen LogP contribution in [0.25, 0.3) is 0 Å². The predicted octanol–water partition coefficient (Wildman–Crippen LogP) is 1.76. The SMILES string of the molecule is CC(N)CCNC(=O)c1ccc(S(=O)(=O)C(C)C)cc1.Cl. The van der Waals surface area contributed by atoms with Crippen molar-refractivity contribution in [1.29, 1.82) is 0 Å². The molecule has 0 aliphatic rings. The Morgan fingerprint density at radius 3 is 2.14 bits per heavy atom. The number of amides is 1. The summed E-state index contributed by atoms with van der Waals surface area (Å²) in [6.45, 7) is 5.63. The summed E-state index contributed by atoms with van der Waals surface area (Å²) < 4.78 is 23.9. The number of hydrogen-bond acceptors (Lipinski definition) is 4. The largest absolute Gasteiger partial charge is 0.352 e. The molecular formula is C14H23ClN2O3S. The topological polar surface area (TPSA) is 89.3 Å². The molecule has 0 spiro atoms. The number of halogens is 1. The van der Waals surface area contributed by atoms with E-state index in [0.29, 0.717) is 18.5 Å². The zero-order valence-electron chi connectivity index (χ0n) is 12.5. The van der Waals surface area contributed by atoms with Crippen LogP contribution >= 0.6 is 12.4 Å². The van der Waals surface area contributed by atoms with Gasteiger partial charge in [-0.25, -0.2) is 8.42 Å². The Morgan fingerprint density at radius 2 is 1.71 bits per heavy atom. The zero-order chi connectivity index (χ0) is 15.3. The summed E-state index contributed by atoms with van der Waals surface area (Å²) in [5.41, 5.74) is 6.04. The Balaban J connectivity index is 0.00000400. The highest BCUT2D eigenvalue weighted by Crippen LogP contribution is 2.16. The Morgan fingerprint density at radius 1 is 1.19 bits per heavy atom. The van der Waals surface area contributed by atoms with E-state index in [9.17, 15) is 13.2 Å². The van der Waals surface area contributed by atoms with E-state index >= 15 is 0 Å². The van der Waals surface area contributed by atoms with Crippen molar-refractivity contribution in [3.8, 4) is 0 Å². The molecule has 120 valence electrons. The molecule has 1 aromatic carbocycles. The van der Waals surface area contributed by atoms with Crippen molar-refractivity contribution >= 4 is 28.2 Å². The second-order valence-corrected chi connectivity index (χ2v) is 7.64. The smallest absolute Gasteiger partial charge is 0.251 e. The van der Waals surface area contributed by atoms with Crippen molar-refractivity contribution in [2.45, 2.75) is 43.4 Å². The van der Waals surface area contributed by atoms with Gasteiger partial charge in [-0.15, -0.1) is 12.4 Å². The lowest BCUT2D eigenvalue weighted by Gasteiger charge is -2.09. The molecular weight excluding hydrogens is 312 g/mol. The minimum absolute atomic E-state index is 0. The highest BCUT2D eigenvalue weighted by atomic mass is 35.5. The third kappa shape index (κ3) is 5.65. The van der Waals surface area contributed by atoms with Gasteiger partial charge in [0.05, 0.1) is 10.1 Å².